The number of rotatable bonds is 4. The largest absolute Gasteiger partial charge is 0.364 e. The molecule has 13 heteroatoms. The van der Waals surface area contributed by atoms with Crippen molar-refractivity contribution in [3.63, 3.8) is 0 Å². The molecule has 11 nitrogen and oxygen atoms in total. The minimum Gasteiger partial charge on any atom is -0.325 e. The van der Waals surface area contributed by atoms with E-state index in [1.165, 1.54) is 0 Å². The summed E-state index contributed by atoms with van der Waals surface area (Å²) < 4.78 is 62.5. The van der Waals surface area contributed by atoms with Gasteiger partial charge in [0.25, 0.3) is 32.1 Å². The van der Waals surface area contributed by atoms with Crippen LogP contribution in [-0.4, -0.2) is 48.8 Å². The van der Waals surface area contributed by atoms with Crippen molar-refractivity contribution in [2.24, 2.45) is 0 Å². The van der Waals surface area contributed by atoms with E-state index in [0.717, 1.165) is 0 Å². The van der Waals surface area contributed by atoms with Gasteiger partial charge in [0.1, 0.15) is 0 Å². The lowest BCUT2D eigenvalue weighted by atomic mass is 10.2. The number of amides is 2. The van der Waals surface area contributed by atoms with Crippen LogP contribution in [0.3, 0.4) is 0 Å². The van der Waals surface area contributed by atoms with Crippen LogP contribution >= 0.6 is 0 Å². The lowest BCUT2D eigenvalue weighted by molar-refractivity contribution is -0.172. The predicted octanol–water partition coefficient (Wildman–Crippen LogP) is -0.599. The van der Waals surface area contributed by atoms with E-state index in [0.29, 0.717) is 18.2 Å². The number of carbonyl (C=O) groups excluding carboxylic acids is 3. The first kappa shape index (κ1) is 18.0. The zero-order valence-corrected chi connectivity index (χ0v) is 13.2. The highest BCUT2D eigenvalue weighted by Crippen LogP contribution is 2.21. The molecule has 1 fully saturated rings. The third kappa shape index (κ3) is 3.76. The molecule has 1 aliphatic heterocycles. The molecule has 0 unspecified atom stereocenters. The molecular formula is C11H9NO10S2. The monoisotopic (exact) mass is 379 g/mol. The zero-order valence-electron chi connectivity index (χ0n) is 11.6. The smallest absolute Gasteiger partial charge is 0.325 e. The molecule has 2 amide bonds. The summed E-state index contributed by atoms with van der Waals surface area (Å²) in [6.07, 6.45) is -0.374. The lowest BCUT2D eigenvalue weighted by Crippen LogP contribution is -2.32. The van der Waals surface area contributed by atoms with Gasteiger partial charge in [0.2, 0.25) is 0 Å². The molecule has 0 saturated carbocycles. The molecule has 2 N–H and O–H groups in total. The molecule has 0 atom stereocenters. The predicted molar refractivity (Wildman–Crippen MR) is 72.6 cm³/mol. The van der Waals surface area contributed by atoms with E-state index in [1.807, 2.05) is 0 Å². The Kier molecular flexibility index (Phi) is 4.45. The van der Waals surface area contributed by atoms with Crippen LogP contribution < -0.4 is 0 Å². The average Bonchev–Trinajstić information content (AvgIpc) is 2.76. The minimum atomic E-state index is -4.92. The Morgan fingerprint density at radius 2 is 1.33 bits per heavy atom. The van der Waals surface area contributed by atoms with E-state index in [-0.39, 0.29) is 17.9 Å². The van der Waals surface area contributed by atoms with Crippen molar-refractivity contribution in [3.8, 4) is 0 Å². The first-order valence-electron chi connectivity index (χ1n) is 6.08. The Balaban J connectivity index is 2.47. The second-order valence-corrected chi connectivity index (χ2v) is 7.45. The summed E-state index contributed by atoms with van der Waals surface area (Å²) in [5.74, 6) is -3.06. The summed E-state index contributed by atoms with van der Waals surface area (Å²) in [6.45, 7) is 0. The van der Waals surface area contributed by atoms with Gasteiger partial charge in [-0.25, -0.2) is 4.79 Å². The fourth-order valence-corrected chi connectivity index (χ4v) is 2.96. The standard InChI is InChI=1S/C11H9NO10S2/c13-9-1-2-10(14)12(9)22-11(15)6-3-7(23(16,17)18)5-8(4-6)24(19,20)21/h3-5H,1-2H2,(H,16,17,18)(H,19,20,21). The van der Waals surface area contributed by atoms with Gasteiger partial charge >= 0.3 is 5.97 Å². The third-order valence-electron chi connectivity index (χ3n) is 2.89. The number of nitrogens with zero attached hydrogens (tertiary/aromatic N) is 1. The van der Waals surface area contributed by atoms with Crippen molar-refractivity contribution in [3.05, 3.63) is 23.8 Å². The van der Waals surface area contributed by atoms with E-state index >= 15 is 0 Å². The highest BCUT2D eigenvalue weighted by Gasteiger charge is 2.33. The summed E-state index contributed by atoms with van der Waals surface area (Å²) in [7, 11) is -9.84. The summed E-state index contributed by atoms with van der Waals surface area (Å²) in [5.41, 5.74) is -0.731. The topological polar surface area (TPSA) is 172 Å². The number of imide groups is 1. The van der Waals surface area contributed by atoms with E-state index < -0.39 is 53.4 Å². The Labute approximate surface area is 135 Å². The Hall–Kier alpha value is -2.35. The summed E-state index contributed by atoms with van der Waals surface area (Å²) in [6, 6.07) is 1.52. The fraction of sp³-hybridized carbons (Fsp3) is 0.182. The molecule has 0 aromatic heterocycles. The second kappa shape index (κ2) is 5.94. The van der Waals surface area contributed by atoms with E-state index in [1.54, 1.807) is 0 Å². The van der Waals surface area contributed by atoms with Crippen molar-refractivity contribution >= 4 is 38.0 Å². The number of hydroxylamine groups is 2. The van der Waals surface area contributed by atoms with Crippen molar-refractivity contribution < 1.29 is 45.2 Å². The first-order valence-corrected chi connectivity index (χ1v) is 8.96. The molecule has 1 saturated heterocycles. The minimum absolute atomic E-state index is 0.162. The van der Waals surface area contributed by atoms with E-state index in [2.05, 4.69) is 4.84 Å². The maximum atomic E-state index is 11.9. The van der Waals surface area contributed by atoms with Crippen molar-refractivity contribution in [1.29, 1.82) is 0 Å². The van der Waals surface area contributed by atoms with E-state index in [9.17, 15) is 31.2 Å². The summed E-state index contributed by atoms with van der Waals surface area (Å²) in [4.78, 5) is 37.1. The molecule has 0 spiro atoms. The van der Waals surface area contributed by atoms with Gasteiger partial charge in [-0.15, -0.1) is 5.06 Å². The van der Waals surface area contributed by atoms with Crippen LogP contribution in [0.25, 0.3) is 0 Å². The van der Waals surface area contributed by atoms with Crippen molar-refractivity contribution in [2.75, 3.05) is 0 Å². The molecule has 1 aromatic rings. The maximum absolute atomic E-state index is 11.9. The number of carbonyl (C=O) groups is 3. The molecule has 0 bridgehead atoms. The maximum Gasteiger partial charge on any atom is 0.364 e. The van der Waals surface area contributed by atoms with Gasteiger partial charge in [0.05, 0.1) is 15.4 Å². The normalized spacial score (nSPS) is 15.7. The van der Waals surface area contributed by atoms with Crippen LogP contribution in [-0.2, 0) is 34.7 Å². The SMILES string of the molecule is O=C(ON1C(=O)CCC1=O)c1cc(S(=O)(=O)O)cc(S(=O)(=O)O)c1. The molecule has 130 valence electrons. The molecule has 1 aliphatic rings. The molecule has 24 heavy (non-hydrogen) atoms. The van der Waals surface area contributed by atoms with Crippen molar-refractivity contribution in [1.82, 2.24) is 5.06 Å². The summed E-state index contributed by atoms with van der Waals surface area (Å²) in [5, 5.41) is 0.162. The third-order valence-corrected chi connectivity index (χ3v) is 4.55. The molecule has 1 aromatic carbocycles. The Morgan fingerprint density at radius 3 is 1.71 bits per heavy atom. The van der Waals surface area contributed by atoms with Crippen LogP contribution in [0.4, 0.5) is 0 Å². The van der Waals surface area contributed by atoms with Crippen molar-refractivity contribution in [2.45, 2.75) is 22.6 Å². The van der Waals surface area contributed by atoms with Gasteiger partial charge < -0.3 is 4.84 Å². The Morgan fingerprint density at radius 1 is 0.917 bits per heavy atom. The molecule has 1 heterocycles. The molecule has 0 aliphatic carbocycles. The van der Waals surface area contributed by atoms with Gasteiger partial charge in [0.15, 0.2) is 0 Å². The molecule has 0 radical (unpaired) electrons. The number of hydrogen-bond donors (Lipinski definition) is 2. The van der Waals surface area contributed by atoms with Crippen LogP contribution in [0.1, 0.15) is 23.2 Å². The average molecular weight is 379 g/mol. The molecular weight excluding hydrogens is 370 g/mol. The highest BCUT2D eigenvalue weighted by atomic mass is 32.2. The first-order chi connectivity index (χ1) is 10.9. The van der Waals surface area contributed by atoms with Crippen LogP contribution in [0.2, 0.25) is 0 Å². The van der Waals surface area contributed by atoms with Gasteiger partial charge in [-0.2, -0.15) is 16.8 Å². The van der Waals surface area contributed by atoms with Gasteiger partial charge in [-0.3, -0.25) is 18.7 Å². The van der Waals surface area contributed by atoms with Crippen LogP contribution in [0, 0.1) is 0 Å². The second-order valence-electron chi connectivity index (χ2n) is 4.60. The summed E-state index contributed by atoms with van der Waals surface area (Å²) >= 11 is 0. The highest BCUT2D eigenvalue weighted by molar-refractivity contribution is 7.86. The van der Waals surface area contributed by atoms with Crippen LogP contribution in [0.5, 0.6) is 0 Å². The van der Waals surface area contributed by atoms with Crippen LogP contribution in [0.15, 0.2) is 28.0 Å². The zero-order chi connectivity index (χ0) is 18.3. The quantitative estimate of drug-likeness (QED) is 0.508. The van der Waals surface area contributed by atoms with Gasteiger partial charge in [0, 0.05) is 12.8 Å². The van der Waals surface area contributed by atoms with Gasteiger partial charge in [-0.1, -0.05) is 0 Å². The number of benzene rings is 1. The Bertz CT molecular complexity index is 881. The van der Waals surface area contributed by atoms with Gasteiger partial charge in [-0.05, 0) is 18.2 Å². The number of hydrogen-bond acceptors (Lipinski definition) is 8. The molecule has 2 rings (SSSR count). The lowest BCUT2D eigenvalue weighted by Gasteiger charge is -2.13. The van der Waals surface area contributed by atoms with E-state index in [4.69, 9.17) is 9.11 Å². The fourth-order valence-electron chi connectivity index (χ4n) is 1.78.